The number of hydrogen-bond donors (Lipinski definition) is 1. The van der Waals surface area contributed by atoms with Gasteiger partial charge in [0.1, 0.15) is 5.75 Å². The van der Waals surface area contributed by atoms with Crippen molar-refractivity contribution >= 4 is 0 Å². The molecule has 84 valence electrons. The fraction of sp³-hybridized carbons (Fsp3) is 0.583. The Labute approximate surface area is 91.1 Å². The summed E-state index contributed by atoms with van der Waals surface area (Å²) in [5.41, 5.74) is 1.13. The molecule has 0 aliphatic heterocycles. The van der Waals surface area contributed by atoms with Gasteiger partial charge in [0.25, 0.3) is 0 Å². The van der Waals surface area contributed by atoms with E-state index in [0.29, 0.717) is 13.0 Å². The molecular weight excluding hydrogens is 190 g/mol. The second-order valence-corrected chi connectivity index (χ2v) is 4.55. The smallest absolute Gasteiger partial charge is 0.137 e. The molecule has 1 aromatic rings. The van der Waals surface area contributed by atoms with Gasteiger partial charge in [0, 0.05) is 24.1 Å². The quantitative estimate of drug-likeness (QED) is 0.772. The highest BCUT2D eigenvalue weighted by atomic mass is 16.5. The van der Waals surface area contributed by atoms with E-state index < -0.39 is 0 Å². The van der Waals surface area contributed by atoms with Crippen LogP contribution < -0.4 is 4.74 Å². The zero-order valence-corrected chi connectivity index (χ0v) is 9.66. The molecule has 1 heterocycles. The second-order valence-electron chi connectivity index (χ2n) is 4.55. The van der Waals surface area contributed by atoms with Gasteiger partial charge in [0.15, 0.2) is 0 Å². The number of pyridine rings is 1. The van der Waals surface area contributed by atoms with Gasteiger partial charge in [-0.2, -0.15) is 0 Å². The topological polar surface area (TPSA) is 42.4 Å². The van der Waals surface area contributed by atoms with Crippen molar-refractivity contribution in [3.63, 3.8) is 0 Å². The Bertz CT molecular complexity index is 287. The normalized spacial score (nSPS) is 11.5. The van der Waals surface area contributed by atoms with Crippen LogP contribution in [-0.2, 0) is 5.41 Å². The van der Waals surface area contributed by atoms with Gasteiger partial charge >= 0.3 is 0 Å². The number of aromatic nitrogens is 1. The van der Waals surface area contributed by atoms with E-state index in [1.54, 1.807) is 6.20 Å². The van der Waals surface area contributed by atoms with E-state index in [1.807, 2.05) is 12.1 Å². The first-order chi connectivity index (χ1) is 7.04. The molecule has 0 saturated carbocycles. The zero-order valence-electron chi connectivity index (χ0n) is 9.66. The molecule has 0 saturated heterocycles. The van der Waals surface area contributed by atoms with Gasteiger partial charge in [-0.25, -0.2) is 0 Å². The van der Waals surface area contributed by atoms with Crippen LogP contribution >= 0.6 is 0 Å². The molecule has 0 aromatic carbocycles. The van der Waals surface area contributed by atoms with E-state index >= 15 is 0 Å². The van der Waals surface area contributed by atoms with Crippen LogP contribution in [0.3, 0.4) is 0 Å². The summed E-state index contributed by atoms with van der Waals surface area (Å²) in [6, 6.07) is 3.90. The molecular formula is C12H19NO2. The summed E-state index contributed by atoms with van der Waals surface area (Å²) >= 11 is 0. The maximum Gasteiger partial charge on any atom is 0.137 e. The fourth-order valence-corrected chi connectivity index (χ4v) is 1.16. The lowest BCUT2D eigenvalue weighted by atomic mass is 9.92. The number of rotatable bonds is 4. The first-order valence-electron chi connectivity index (χ1n) is 5.24. The van der Waals surface area contributed by atoms with Crippen LogP contribution in [0, 0.1) is 0 Å². The van der Waals surface area contributed by atoms with Gasteiger partial charge < -0.3 is 9.84 Å². The monoisotopic (exact) mass is 209 g/mol. The minimum Gasteiger partial charge on any atom is -0.492 e. The highest BCUT2D eigenvalue weighted by Gasteiger charge is 2.14. The largest absolute Gasteiger partial charge is 0.492 e. The molecule has 1 rings (SSSR count). The molecule has 0 aliphatic carbocycles. The Morgan fingerprint density at radius 3 is 2.53 bits per heavy atom. The second kappa shape index (κ2) is 5.12. The Balaban J connectivity index is 2.57. The van der Waals surface area contributed by atoms with Crippen molar-refractivity contribution in [1.82, 2.24) is 4.98 Å². The van der Waals surface area contributed by atoms with Crippen molar-refractivity contribution in [3.05, 3.63) is 24.0 Å². The predicted octanol–water partition coefficient (Wildman–Crippen LogP) is 2.14. The molecule has 0 radical (unpaired) electrons. The van der Waals surface area contributed by atoms with Crippen LogP contribution in [0.2, 0.25) is 0 Å². The first kappa shape index (κ1) is 12.0. The lowest BCUT2D eigenvalue weighted by Gasteiger charge is -2.17. The van der Waals surface area contributed by atoms with Gasteiger partial charge in [-0.15, -0.1) is 0 Å². The van der Waals surface area contributed by atoms with Gasteiger partial charge in [-0.3, -0.25) is 4.98 Å². The molecule has 0 atom stereocenters. The summed E-state index contributed by atoms with van der Waals surface area (Å²) in [5.74, 6) is 0.761. The Kier molecular flexibility index (Phi) is 4.09. The standard InChI is InChI=1S/C12H19NO2/c1-12(2,3)11-6-5-10(9-13-11)15-8-4-7-14/h5-6,9,14H,4,7-8H2,1-3H3. The van der Waals surface area contributed by atoms with Gasteiger partial charge in [-0.1, -0.05) is 20.8 Å². The number of nitrogens with zero attached hydrogens (tertiary/aromatic N) is 1. The highest BCUT2D eigenvalue weighted by Crippen LogP contribution is 2.21. The van der Waals surface area contributed by atoms with Crippen molar-refractivity contribution in [2.75, 3.05) is 13.2 Å². The molecule has 15 heavy (non-hydrogen) atoms. The fourth-order valence-electron chi connectivity index (χ4n) is 1.16. The Hall–Kier alpha value is -1.09. The molecule has 0 aliphatic rings. The molecule has 0 unspecified atom stereocenters. The number of aliphatic hydroxyl groups is 1. The van der Waals surface area contributed by atoms with E-state index in [-0.39, 0.29) is 12.0 Å². The average Bonchev–Trinajstić information content (AvgIpc) is 2.18. The van der Waals surface area contributed by atoms with Crippen LogP contribution in [0.15, 0.2) is 18.3 Å². The maximum absolute atomic E-state index is 8.60. The van der Waals surface area contributed by atoms with Crippen LogP contribution in [-0.4, -0.2) is 23.3 Å². The number of aliphatic hydroxyl groups excluding tert-OH is 1. The van der Waals surface area contributed by atoms with Gasteiger partial charge in [0.05, 0.1) is 12.8 Å². The Morgan fingerprint density at radius 2 is 2.07 bits per heavy atom. The van der Waals surface area contributed by atoms with Crippen molar-refractivity contribution in [2.24, 2.45) is 0 Å². The third-order valence-electron chi connectivity index (χ3n) is 2.08. The summed E-state index contributed by atoms with van der Waals surface area (Å²) in [6.45, 7) is 7.07. The SMILES string of the molecule is CC(C)(C)c1ccc(OCCCO)cn1. The predicted molar refractivity (Wildman–Crippen MR) is 60.1 cm³/mol. The molecule has 0 spiro atoms. The number of hydrogen-bond acceptors (Lipinski definition) is 3. The summed E-state index contributed by atoms with van der Waals surface area (Å²) in [7, 11) is 0. The zero-order chi connectivity index (χ0) is 11.3. The summed E-state index contributed by atoms with van der Waals surface area (Å²) in [4.78, 5) is 4.34. The lowest BCUT2D eigenvalue weighted by molar-refractivity contribution is 0.233. The van der Waals surface area contributed by atoms with Crippen molar-refractivity contribution in [1.29, 1.82) is 0 Å². The molecule has 0 bridgehead atoms. The summed E-state index contributed by atoms with van der Waals surface area (Å²) < 4.78 is 5.39. The van der Waals surface area contributed by atoms with E-state index in [2.05, 4.69) is 25.8 Å². The van der Waals surface area contributed by atoms with E-state index in [9.17, 15) is 0 Å². The number of ether oxygens (including phenoxy) is 1. The first-order valence-corrected chi connectivity index (χ1v) is 5.24. The molecule has 0 amide bonds. The van der Waals surface area contributed by atoms with Crippen molar-refractivity contribution in [3.8, 4) is 5.75 Å². The third-order valence-corrected chi connectivity index (χ3v) is 2.08. The van der Waals surface area contributed by atoms with Crippen LogP contribution in [0.1, 0.15) is 32.9 Å². The minimum atomic E-state index is 0.0730. The average molecular weight is 209 g/mol. The minimum absolute atomic E-state index is 0.0730. The Morgan fingerprint density at radius 1 is 1.33 bits per heavy atom. The lowest BCUT2D eigenvalue weighted by Crippen LogP contribution is -2.13. The molecule has 3 heteroatoms. The molecule has 0 fully saturated rings. The molecule has 3 nitrogen and oxygen atoms in total. The van der Waals surface area contributed by atoms with E-state index in [4.69, 9.17) is 9.84 Å². The van der Waals surface area contributed by atoms with Crippen LogP contribution in [0.5, 0.6) is 5.75 Å². The van der Waals surface area contributed by atoms with Gasteiger partial charge in [0.2, 0.25) is 0 Å². The summed E-state index contributed by atoms with van der Waals surface area (Å²) in [5, 5.41) is 8.60. The van der Waals surface area contributed by atoms with Crippen molar-refractivity contribution < 1.29 is 9.84 Å². The van der Waals surface area contributed by atoms with E-state index in [0.717, 1.165) is 11.4 Å². The highest BCUT2D eigenvalue weighted by molar-refractivity contribution is 5.23. The molecule has 1 aromatic heterocycles. The third kappa shape index (κ3) is 3.88. The summed E-state index contributed by atoms with van der Waals surface area (Å²) in [6.07, 6.45) is 2.39. The van der Waals surface area contributed by atoms with Crippen LogP contribution in [0.25, 0.3) is 0 Å². The van der Waals surface area contributed by atoms with Crippen molar-refractivity contribution in [2.45, 2.75) is 32.6 Å². The molecule has 1 N–H and O–H groups in total. The van der Waals surface area contributed by atoms with E-state index in [1.165, 1.54) is 0 Å². The van der Waals surface area contributed by atoms with Crippen LogP contribution in [0.4, 0.5) is 0 Å². The van der Waals surface area contributed by atoms with Gasteiger partial charge in [-0.05, 0) is 12.1 Å². The maximum atomic E-state index is 8.60.